The SMILES string of the molecule is Cc1ccc(NC(=O)c2cccc(C(F)(F)F)c2)cc1C=Cn1cnc2c(Nc3cccnc3)ncnc21. The number of hydrogen-bond acceptors (Lipinski definition) is 6. The van der Waals surface area contributed by atoms with Gasteiger partial charge < -0.3 is 10.6 Å². The molecule has 2 aromatic carbocycles. The van der Waals surface area contributed by atoms with Gasteiger partial charge in [-0.25, -0.2) is 15.0 Å². The maximum Gasteiger partial charge on any atom is 0.416 e. The lowest BCUT2D eigenvalue weighted by molar-refractivity contribution is -0.137. The molecule has 0 saturated heterocycles. The molecule has 0 aliphatic carbocycles. The monoisotopic (exact) mass is 515 g/mol. The summed E-state index contributed by atoms with van der Waals surface area (Å²) in [5.74, 6) is -0.105. The number of anilines is 3. The largest absolute Gasteiger partial charge is 0.416 e. The molecule has 11 heteroatoms. The Balaban J connectivity index is 1.36. The molecule has 0 radical (unpaired) electrons. The fourth-order valence-corrected chi connectivity index (χ4v) is 3.72. The van der Waals surface area contributed by atoms with Crippen LogP contribution in [0.1, 0.15) is 27.0 Å². The van der Waals surface area contributed by atoms with Crippen LogP contribution in [0.2, 0.25) is 0 Å². The molecule has 0 atom stereocenters. The van der Waals surface area contributed by atoms with E-state index in [0.717, 1.165) is 28.9 Å². The van der Waals surface area contributed by atoms with Gasteiger partial charge in [-0.3, -0.25) is 14.3 Å². The number of hydrogen-bond donors (Lipinski definition) is 2. The van der Waals surface area contributed by atoms with Gasteiger partial charge in [-0.15, -0.1) is 0 Å². The molecule has 5 rings (SSSR count). The highest BCUT2D eigenvalue weighted by atomic mass is 19.4. The smallest absolute Gasteiger partial charge is 0.337 e. The lowest BCUT2D eigenvalue weighted by Gasteiger charge is -2.10. The van der Waals surface area contributed by atoms with Gasteiger partial charge in [-0.05, 0) is 66.6 Å². The minimum absolute atomic E-state index is 0.0854. The highest BCUT2D eigenvalue weighted by Gasteiger charge is 2.30. The third-order valence-corrected chi connectivity index (χ3v) is 5.69. The van der Waals surface area contributed by atoms with Gasteiger partial charge in [0, 0.05) is 23.6 Å². The van der Waals surface area contributed by atoms with Crippen molar-refractivity contribution < 1.29 is 18.0 Å². The van der Waals surface area contributed by atoms with E-state index in [4.69, 9.17) is 0 Å². The molecule has 2 N–H and O–H groups in total. The van der Waals surface area contributed by atoms with Crippen LogP contribution in [0.25, 0.3) is 23.4 Å². The van der Waals surface area contributed by atoms with Crippen molar-refractivity contribution >= 4 is 46.5 Å². The zero-order valence-electron chi connectivity index (χ0n) is 19.9. The molecule has 0 spiro atoms. The zero-order chi connectivity index (χ0) is 26.7. The Kier molecular flexibility index (Phi) is 6.56. The number of fused-ring (bicyclic) bond motifs is 1. The first-order chi connectivity index (χ1) is 18.3. The summed E-state index contributed by atoms with van der Waals surface area (Å²) in [6.07, 6.45) is 5.46. The number of halogens is 3. The Hall–Kier alpha value is -5.06. The van der Waals surface area contributed by atoms with E-state index in [1.165, 1.54) is 18.5 Å². The molecule has 0 fully saturated rings. The van der Waals surface area contributed by atoms with Crippen molar-refractivity contribution in [1.29, 1.82) is 0 Å². The number of alkyl halides is 3. The van der Waals surface area contributed by atoms with Gasteiger partial charge in [0.05, 0.1) is 17.4 Å². The summed E-state index contributed by atoms with van der Waals surface area (Å²) in [6, 6.07) is 13.2. The van der Waals surface area contributed by atoms with E-state index in [9.17, 15) is 18.0 Å². The number of benzene rings is 2. The van der Waals surface area contributed by atoms with Crippen molar-refractivity contribution in [3.63, 3.8) is 0 Å². The molecule has 0 aliphatic rings. The van der Waals surface area contributed by atoms with Crippen LogP contribution in [0, 0.1) is 6.92 Å². The molecular formula is C27H20F3N7O. The first-order valence-corrected chi connectivity index (χ1v) is 11.4. The van der Waals surface area contributed by atoms with Crippen molar-refractivity contribution in [2.45, 2.75) is 13.1 Å². The minimum atomic E-state index is -4.53. The lowest BCUT2D eigenvalue weighted by Crippen LogP contribution is -2.14. The number of imidazole rings is 1. The third-order valence-electron chi connectivity index (χ3n) is 5.69. The molecule has 8 nitrogen and oxygen atoms in total. The second-order valence-corrected chi connectivity index (χ2v) is 8.33. The average Bonchev–Trinajstić information content (AvgIpc) is 3.33. The van der Waals surface area contributed by atoms with Crippen molar-refractivity contribution in [1.82, 2.24) is 24.5 Å². The average molecular weight is 515 g/mol. The Morgan fingerprint density at radius 1 is 1.00 bits per heavy atom. The fraction of sp³-hybridized carbons (Fsp3) is 0.0741. The first kappa shape index (κ1) is 24.6. The van der Waals surface area contributed by atoms with Crippen molar-refractivity contribution in [3.8, 4) is 0 Å². The Bertz CT molecular complexity index is 1650. The summed E-state index contributed by atoms with van der Waals surface area (Å²) in [5, 5.41) is 5.84. The summed E-state index contributed by atoms with van der Waals surface area (Å²) in [5.41, 5.74) is 3.10. The Labute approximate surface area is 214 Å². The van der Waals surface area contributed by atoms with Crippen LogP contribution in [0.15, 0.2) is 79.6 Å². The number of nitrogens with one attached hydrogen (secondary N) is 2. The number of aromatic nitrogens is 5. The van der Waals surface area contributed by atoms with Crippen molar-refractivity contribution in [2.24, 2.45) is 0 Å². The normalized spacial score (nSPS) is 11.7. The van der Waals surface area contributed by atoms with Gasteiger partial charge in [0.15, 0.2) is 17.0 Å². The van der Waals surface area contributed by atoms with E-state index >= 15 is 0 Å². The van der Waals surface area contributed by atoms with Crippen LogP contribution < -0.4 is 10.6 Å². The van der Waals surface area contributed by atoms with Crippen molar-refractivity contribution in [2.75, 3.05) is 10.6 Å². The summed E-state index contributed by atoms with van der Waals surface area (Å²) in [6.45, 7) is 1.90. The van der Waals surface area contributed by atoms with Gasteiger partial charge in [0.1, 0.15) is 12.7 Å². The molecule has 1 amide bonds. The van der Waals surface area contributed by atoms with Crippen LogP contribution >= 0.6 is 0 Å². The zero-order valence-corrected chi connectivity index (χ0v) is 19.9. The van der Waals surface area contributed by atoms with Gasteiger partial charge in [0.25, 0.3) is 5.91 Å². The molecule has 0 unspecified atom stereocenters. The van der Waals surface area contributed by atoms with E-state index in [0.29, 0.717) is 22.7 Å². The number of carbonyl (C=O) groups excluding carboxylic acids is 1. The molecule has 38 heavy (non-hydrogen) atoms. The number of nitrogens with zero attached hydrogens (tertiary/aromatic N) is 5. The predicted molar refractivity (Wildman–Crippen MR) is 139 cm³/mol. The number of rotatable bonds is 6. The van der Waals surface area contributed by atoms with Crippen LogP contribution in [0.4, 0.5) is 30.4 Å². The van der Waals surface area contributed by atoms with Gasteiger partial charge in [-0.1, -0.05) is 12.1 Å². The summed E-state index contributed by atoms with van der Waals surface area (Å²) in [4.78, 5) is 29.7. The summed E-state index contributed by atoms with van der Waals surface area (Å²) in [7, 11) is 0. The quantitative estimate of drug-likeness (QED) is 0.281. The number of amides is 1. The molecule has 0 aliphatic heterocycles. The van der Waals surface area contributed by atoms with E-state index in [-0.39, 0.29) is 5.56 Å². The molecule has 190 valence electrons. The Morgan fingerprint density at radius 2 is 1.87 bits per heavy atom. The third kappa shape index (κ3) is 5.36. The van der Waals surface area contributed by atoms with Gasteiger partial charge in [0.2, 0.25) is 0 Å². The standard InChI is InChI=1S/C27H20F3N7O/c1-17-7-8-21(36-26(38)19-4-2-5-20(12-19)27(28,29)30)13-18(17)9-11-37-16-34-23-24(32-15-33-25(23)37)35-22-6-3-10-31-14-22/h2-16H,1H3,(H,36,38)(H,32,33,35). The highest BCUT2D eigenvalue weighted by molar-refractivity contribution is 6.04. The maximum atomic E-state index is 13.0. The summed E-state index contributed by atoms with van der Waals surface area (Å²) < 4.78 is 40.8. The number of aryl methyl sites for hydroxylation is 1. The molecule has 3 heterocycles. The van der Waals surface area contributed by atoms with Gasteiger partial charge in [-0.2, -0.15) is 13.2 Å². The van der Waals surface area contributed by atoms with E-state index in [2.05, 4.69) is 30.6 Å². The lowest BCUT2D eigenvalue weighted by atomic mass is 10.1. The second kappa shape index (κ2) is 10.1. The van der Waals surface area contributed by atoms with Crippen LogP contribution in [-0.4, -0.2) is 30.4 Å². The number of pyridine rings is 1. The van der Waals surface area contributed by atoms with E-state index in [1.54, 1.807) is 47.7 Å². The maximum absolute atomic E-state index is 13.0. The summed E-state index contributed by atoms with van der Waals surface area (Å²) >= 11 is 0. The molecule has 0 saturated carbocycles. The topological polar surface area (TPSA) is 97.6 Å². The van der Waals surface area contributed by atoms with Crippen LogP contribution in [-0.2, 0) is 6.18 Å². The Morgan fingerprint density at radius 3 is 2.66 bits per heavy atom. The minimum Gasteiger partial charge on any atom is -0.337 e. The van der Waals surface area contributed by atoms with Crippen LogP contribution in [0.3, 0.4) is 0 Å². The molecular weight excluding hydrogens is 495 g/mol. The van der Waals surface area contributed by atoms with Crippen LogP contribution in [0.5, 0.6) is 0 Å². The molecule has 3 aromatic heterocycles. The predicted octanol–water partition coefficient (Wildman–Crippen LogP) is 6.17. The van der Waals surface area contributed by atoms with E-state index < -0.39 is 17.6 Å². The van der Waals surface area contributed by atoms with Crippen molar-refractivity contribution in [3.05, 3.63) is 102 Å². The molecule has 0 bridgehead atoms. The highest BCUT2D eigenvalue weighted by Crippen LogP contribution is 2.30. The second-order valence-electron chi connectivity index (χ2n) is 8.33. The fourth-order valence-electron chi connectivity index (χ4n) is 3.72. The van der Waals surface area contributed by atoms with E-state index in [1.807, 2.05) is 25.1 Å². The van der Waals surface area contributed by atoms with Gasteiger partial charge >= 0.3 is 6.18 Å². The number of carbonyl (C=O) groups is 1. The molecule has 5 aromatic rings. The first-order valence-electron chi connectivity index (χ1n) is 11.4.